The molecule has 108 valence electrons. The van der Waals surface area contributed by atoms with E-state index >= 15 is 0 Å². The van der Waals surface area contributed by atoms with Crippen LogP contribution >= 0.6 is 31.9 Å². The Bertz CT molecular complexity index is 608. The van der Waals surface area contributed by atoms with Gasteiger partial charge in [0.1, 0.15) is 12.4 Å². The van der Waals surface area contributed by atoms with E-state index in [1.807, 2.05) is 11.6 Å². The number of hydrogen-bond acceptors (Lipinski definition) is 2. The highest BCUT2D eigenvalue weighted by atomic mass is 79.9. The van der Waals surface area contributed by atoms with Gasteiger partial charge in [0.2, 0.25) is 0 Å². The van der Waals surface area contributed by atoms with Gasteiger partial charge >= 0.3 is 0 Å². The van der Waals surface area contributed by atoms with E-state index in [4.69, 9.17) is 4.74 Å². The molecule has 0 aliphatic carbocycles. The van der Waals surface area contributed by atoms with E-state index in [-0.39, 0.29) is 0 Å². The number of hydrogen-bond donors (Lipinski definition) is 0. The molecule has 2 rings (SSSR count). The van der Waals surface area contributed by atoms with Gasteiger partial charge in [0.15, 0.2) is 0 Å². The largest absolute Gasteiger partial charge is 0.487 e. The summed E-state index contributed by atoms with van der Waals surface area (Å²) in [6.07, 6.45) is 0. The minimum absolute atomic E-state index is 0.514. The zero-order valence-electron chi connectivity index (χ0n) is 11.9. The van der Waals surface area contributed by atoms with Crippen LogP contribution < -0.4 is 4.74 Å². The van der Waals surface area contributed by atoms with Gasteiger partial charge < -0.3 is 4.74 Å². The first-order valence-electron chi connectivity index (χ1n) is 6.57. The molecule has 1 aromatic carbocycles. The summed E-state index contributed by atoms with van der Waals surface area (Å²) in [6, 6.07) is 6.20. The van der Waals surface area contributed by atoms with Gasteiger partial charge in [-0.25, -0.2) is 0 Å². The second kappa shape index (κ2) is 6.76. The lowest BCUT2D eigenvalue weighted by atomic mass is 10.1. The van der Waals surface area contributed by atoms with Crippen molar-refractivity contribution >= 4 is 31.9 Å². The highest BCUT2D eigenvalue weighted by Gasteiger charge is 2.14. The average molecular weight is 402 g/mol. The van der Waals surface area contributed by atoms with Crippen LogP contribution in [0.5, 0.6) is 5.75 Å². The Balaban J connectivity index is 2.25. The predicted octanol–water partition coefficient (Wildman–Crippen LogP) is 4.76. The molecule has 0 fully saturated rings. The Morgan fingerprint density at radius 3 is 2.70 bits per heavy atom. The number of alkyl halides is 1. The fraction of sp³-hybridized carbons (Fsp3) is 0.400. The van der Waals surface area contributed by atoms with Crippen molar-refractivity contribution in [1.29, 1.82) is 0 Å². The van der Waals surface area contributed by atoms with Crippen molar-refractivity contribution < 1.29 is 4.74 Å². The maximum absolute atomic E-state index is 6.06. The van der Waals surface area contributed by atoms with E-state index in [0.717, 1.165) is 39.0 Å². The van der Waals surface area contributed by atoms with E-state index in [0.29, 0.717) is 6.61 Å². The zero-order valence-corrected chi connectivity index (χ0v) is 15.1. The van der Waals surface area contributed by atoms with E-state index < -0.39 is 0 Å². The van der Waals surface area contributed by atoms with Crippen molar-refractivity contribution in [1.82, 2.24) is 9.78 Å². The van der Waals surface area contributed by atoms with Crippen molar-refractivity contribution in [2.24, 2.45) is 0 Å². The number of ether oxygens (including phenoxy) is 1. The molecule has 0 amide bonds. The molecule has 0 radical (unpaired) electrons. The fourth-order valence-electron chi connectivity index (χ4n) is 2.17. The minimum Gasteiger partial charge on any atom is -0.487 e. The van der Waals surface area contributed by atoms with Crippen LogP contribution in [-0.2, 0) is 18.5 Å². The molecule has 0 saturated heterocycles. The van der Waals surface area contributed by atoms with Crippen LogP contribution in [0.2, 0.25) is 0 Å². The third-order valence-corrected chi connectivity index (χ3v) is 4.88. The van der Waals surface area contributed by atoms with Gasteiger partial charge in [-0.15, -0.1) is 0 Å². The summed E-state index contributed by atoms with van der Waals surface area (Å²) in [5.74, 6) is 0.956. The van der Waals surface area contributed by atoms with E-state index in [1.54, 1.807) is 0 Å². The van der Waals surface area contributed by atoms with Crippen LogP contribution in [0.25, 0.3) is 0 Å². The molecule has 2 aromatic rings. The predicted molar refractivity (Wildman–Crippen MR) is 88.5 cm³/mol. The molecular formula is C15H18Br2N2O. The SMILES string of the molecule is CCn1nc(C)c(Br)c1COc1c(C)cccc1CBr. The first kappa shape index (κ1) is 15.6. The van der Waals surface area contributed by atoms with Crippen molar-refractivity contribution in [3.8, 4) is 5.75 Å². The van der Waals surface area contributed by atoms with E-state index in [2.05, 4.69) is 69.0 Å². The van der Waals surface area contributed by atoms with Gasteiger partial charge in [-0.2, -0.15) is 5.10 Å². The zero-order chi connectivity index (χ0) is 14.7. The molecule has 1 heterocycles. The average Bonchev–Trinajstić information content (AvgIpc) is 2.72. The highest BCUT2D eigenvalue weighted by Crippen LogP contribution is 2.28. The first-order chi connectivity index (χ1) is 9.58. The van der Waals surface area contributed by atoms with Gasteiger partial charge in [0.25, 0.3) is 0 Å². The molecule has 0 spiro atoms. The van der Waals surface area contributed by atoms with Crippen molar-refractivity contribution in [2.45, 2.75) is 39.3 Å². The van der Waals surface area contributed by atoms with Crippen LogP contribution in [0.3, 0.4) is 0 Å². The first-order valence-corrected chi connectivity index (χ1v) is 8.49. The van der Waals surface area contributed by atoms with Crippen molar-refractivity contribution in [2.75, 3.05) is 0 Å². The molecule has 0 aliphatic heterocycles. The molecule has 20 heavy (non-hydrogen) atoms. The summed E-state index contributed by atoms with van der Waals surface area (Å²) in [6.45, 7) is 7.50. The van der Waals surface area contributed by atoms with Gasteiger partial charge in [0, 0.05) is 17.4 Å². The van der Waals surface area contributed by atoms with Crippen LogP contribution in [0.1, 0.15) is 29.4 Å². The molecule has 3 nitrogen and oxygen atoms in total. The number of aryl methyl sites for hydroxylation is 3. The third-order valence-electron chi connectivity index (χ3n) is 3.24. The smallest absolute Gasteiger partial charge is 0.131 e. The Morgan fingerprint density at radius 1 is 1.30 bits per heavy atom. The Morgan fingerprint density at radius 2 is 2.05 bits per heavy atom. The maximum atomic E-state index is 6.06. The van der Waals surface area contributed by atoms with Crippen LogP contribution in [0.15, 0.2) is 22.7 Å². The fourth-order valence-corrected chi connectivity index (χ4v) is 3.01. The lowest BCUT2D eigenvalue weighted by Gasteiger charge is -2.13. The summed E-state index contributed by atoms with van der Waals surface area (Å²) in [4.78, 5) is 0. The van der Waals surface area contributed by atoms with E-state index in [9.17, 15) is 0 Å². The maximum Gasteiger partial charge on any atom is 0.131 e. The number of halogens is 2. The Hall–Kier alpha value is -0.810. The summed E-state index contributed by atoms with van der Waals surface area (Å²) in [5, 5.41) is 5.28. The van der Waals surface area contributed by atoms with Crippen LogP contribution in [0, 0.1) is 13.8 Å². The molecule has 5 heteroatoms. The summed E-state index contributed by atoms with van der Waals surface area (Å²) < 4.78 is 9.07. The minimum atomic E-state index is 0.514. The summed E-state index contributed by atoms with van der Waals surface area (Å²) in [5.41, 5.74) is 4.39. The topological polar surface area (TPSA) is 27.1 Å². The Kier molecular flexibility index (Phi) is 5.27. The number of para-hydroxylation sites is 1. The van der Waals surface area contributed by atoms with E-state index in [1.165, 1.54) is 5.56 Å². The standard InChI is InChI=1S/C15H18Br2N2O/c1-4-19-13(14(17)11(3)18-19)9-20-15-10(2)6-5-7-12(15)8-16/h5-7H,4,8-9H2,1-3H3. The van der Waals surface area contributed by atoms with Gasteiger partial charge in [-0.05, 0) is 42.3 Å². The Labute approximate surface area is 136 Å². The van der Waals surface area contributed by atoms with Gasteiger partial charge in [-0.3, -0.25) is 4.68 Å². The number of nitrogens with zero attached hydrogens (tertiary/aromatic N) is 2. The molecule has 0 unspecified atom stereocenters. The molecule has 0 bridgehead atoms. The normalized spacial score (nSPS) is 10.8. The second-order valence-corrected chi connectivity index (χ2v) is 6.00. The number of rotatable bonds is 5. The monoisotopic (exact) mass is 400 g/mol. The molecule has 0 atom stereocenters. The van der Waals surface area contributed by atoms with Gasteiger partial charge in [0.05, 0.1) is 15.9 Å². The lowest BCUT2D eigenvalue weighted by molar-refractivity contribution is 0.287. The van der Waals surface area contributed by atoms with Crippen molar-refractivity contribution in [3.05, 3.63) is 45.2 Å². The number of aromatic nitrogens is 2. The molecule has 1 aromatic heterocycles. The molecule has 0 aliphatic rings. The summed E-state index contributed by atoms with van der Waals surface area (Å²) in [7, 11) is 0. The van der Waals surface area contributed by atoms with Crippen LogP contribution in [0.4, 0.5) is 0 Å². The summed E-state index contributed by atoms with van der Waals surface area (Å²) >= 11 is 7.11. The molecular weight excluding hydrogens is 384 g/mol. The van der Waals surface area contributed by atoms with Gasteiger partial charge in [-0.1, -0.05) is 34.1 Å². The lowest BCUT2D eigenvalue weighted by Crippen LogP contribution is -2.08. The molecule has 0 saturated carbocycles. The van der Waals surface area contributed by atoms with Crippen molar-refractivity contribution in [3.63, 3.8) is 0 Å². The molecule has 0 N–H and O–H groups in total. The highest BCUT2D eigenvalue weighted by molar-refractivity contribution is 9.10. The third kappa shape index (κ3) is 3.09. The quantitative estimate of drug-likeness (QED) is 0.675. The number of benzene rings is 1. The van der Waals surface area contributed by atoms with Crippen LogP contribution in [-0.4, -0.2) is 9.78 Å². The second-order valence-electron chi connectivity index (χ2n) is 4.65.